The maximum atomic E-state index is 11.5. The van der Waals surface area contributed by atoms with Crippen LogP contribution in [0, 0.1) is 0 Å². The van der Waals surface area contributed by atoms with E-state index >= 15 is 0 Å². The Hall–Kier alpha value is -1.10. The van der Waals surface area contributed by atoms with Crippen LogP contribution in [0.4, 0.5) is 0 Å². The van der Waals surface area contributed by atoms with E-state index in [9.17, 15) is 9.90 Å². The molecule has 1 aliphatic heterocycles. The fraction of sp³-hybridized carbons (Fsp3) is 0.533. The molecular weight excluding hydrogens is 278 g/mol. The van der Waals surface area contributed by atoms with Crippen molar-refractivity contribution in [3.63, 3.8) is 0 Å². The van der Waals surface area contributed by atoms with E-state index in [2.05, 4.69) is 4.90 Å². The van der Waals surface area contributed by atoms with Crippen molar-refractivity contribution in [2.24, 2.45) is 0 Å². The summed E-state index contributed by atoms with van der Waals surface area (Å²) < 4.78 is 5.56. The highest BCUT2D eigenvalue weighted by molar-refractivity contribution is 6.31. The molecule has 0 amide bonds. The van der Waals surface area contributed by atoms with Gasteiger partial charge in [0.1, 0.15) is 5.75 Å². The van der Waals surface area contributed by atoms with Crippen molar-refractivity contribution >= 4 is 17.4 Å². The first-order chi connectivity index (χ1) is 9.40. The van der Waals surface area contributed by atoms with Crippen LogP contribution in [0.3, 0.4) is 0 Å². The van der Waals surface area contributed by atoms with Gasteiger partial charge in [-0.15, -0.1) is 0 Å². The number of carbonyl (C=O) groups excluding carboxylic acids is 1. The second-order valence-corrected chi connectivity index (χ2v) is 5.80. The van der Waals surface area contributed by atoms with Crippen molar-refractivity contribution in [2.45, 2.75) is 39.0 Å². The van der Waals surface area contributed by atoms with Crippen LogP contribution < -0.4 is 0 Å². The average molecular weight is 298 g/mol. The largest absolute Gasteiger partial charge is 0.507 e. The van der Waals surface area contributed by atoms with Gasteiger partial charge in [-0.1, -0.05) is 11.6 Å². The molecule has 2 unspecified atom stereocenters. The maximum Gasteiger partial charge on any atom is 0.163 e. The molecule has 1 aromatic rings. The highest BCUT2D eigenvalue weighted by Gasteiger charge is 2.28. The number of aromatic hydroxyl groups is 1. The third kappa shape index (κ3) is 3.14. The molecule has 2 atom stereocenters. The van der Waals surface area contributed by atoms with E-state index in [0.29, 0.717) is 23.2 Å². The Labute approximate surface area is 124 Å². The van der Waals surface area contributed by atoms with E-state index < -0.39 is 0 Å². The number of benzene rings is 1. The van der Waals surface area contributed by atoms with Gasteiger partial charge in [-0.25, -0.2) is 0 Å². The lowest BCUT2D eigenvalue weighted by Crippen LogP contribution is -2.36. The molecule has 5 heteroatoms. The molecule has 4 nitrogen and oxygen atoms in total. The van der Waals surface area contributed by atoms with Crippen molar-refractivity contribution in [1.29, 1.82) is 0 Å². The summed E-state index contributed by atoms with van der Waals surface area (Å²) in [6, 6.07) is 3.53. The molecular formula is C15H20ClNO3. The van der Waals surface area contributed by atoms with E-state index in [1.807, 2.05) is 14.0 Å². The number of rotatable bonds is 4. The van der Waals surface area contributed by atoms with Crippen molar-refractivity contribution < 1.29 is 14.6 Å². The molecule has 1 saturated heterocycles. The van der Waals surface area contributed by atoms with Crippen molar-refractivity contribution in [1.82, 2.24) is 4.90 Å². The van der Waals surface area contributed by atoms with Crippen LogP contribution in [0.2, 0.25) is 5.02 Å². The fourth-order valence-corrected chi connectivity index (χ4v) is 2.97. The Balaban J connectivity index is 2.22. The van der Waals surface area contributed by atoms with Gasteiger partial charge in [-0.2, -0.15) is 0 Å². The normalized spacial score (nSPS) is 22.4. The molecule has 0 aromatic heterocycles. The number of hydrogen-bond donors (Lipinski definition) is 1. The van der Waals surface area contributed by atoms with Crippen molar-refractivity contribution in [2.75, 3.05) is 13.7 Å². The number of ketones is 1. The Kier molecular flexibility index (Phi) is 4.68. The van der Waals surface area contributed by atoms with Gasteiger partial charge in [-0.3, -0.25) is 9.69 Å². The Morgan fingerprint density at radius 2 is 2.25 bits per heavy atom. The van der Waals surface area contributed by atoms with Crippen molar-refractivity contribution in [3.8, 4) is 5.75 Å². The number of hydrogen-bond acceptors (Lipinski definition) is 4. The van der Waals surface area contributed by atoms with E-state index in [4.69, 9.17) is 16.3 Å². The predicted octanol–water partition coefficient (Wildman–Crippen LogP) is 2.86. The lowest BCUT2D eigenvalue weighted by atomic mass is 10.0. The van der Waals surface area contributed by atoms with Gasteiger partial charge in [0.05, 0.1) is 11.7 Å². The van der Waals surface area contributed by atoms with Gasteiger partial charge in [0.25, 0.3) is 0 Å². The second kappa shape index (κ2) is 6.12. The topological polar surface area (TPSA) is 49.8 Å². The molecule has 20 heavy (non-hydrogen) atoms. The van der Waals surface area contributed by atoms with Gasteiger partial charge in [-0.05, 0) is 39.4 Å². The van der Waals surface area contributed by atoms with Gasteiger partial charge in [0, 0.05) is 29.8 Å². The fourth-order valence-electron chi connectivity index (χ4n) is 2.73. The molecule has 1 aromatic carbocycles. The number of phenolic OH excluding ortho intramolecular Hbond substituents is 1. The zero-order valence-corrected chi connectivity index (χ0v) is 12.8. The minimum atomic E-state index is -0.188. The Bertz CT molecular complexity index is 518. The van der Waals surface area contributed by atoms with Crippen molar-refractivity contribution in [3.05, 3.63) is 28.3 Å². The van der Waals surface area contributed by atoms with Crippen LogP contribution >= 0.6 is 11.6 Å². The lowest BCUT2D eigenvalue weighted by molar-refractivity contribution is 0.0811. The summed E-state index contributed by atoms with van der Waals surface area (Å²) in [6.07, 6.45) is 1.15. The summed E-state index contributed by atoms with van der Waals surface area (Å²) in [5, 5.41) is 10.7. The lowest BCUT2D eigenvalue weighted by Gasteiger charge is -2.27. The van der Waals surface area contributed by atoms with Crippen LogP contribution in [0.1, 0.15) is 36.2 Å². The Morgan fingerprint density at radius 1 is 1.55 bits per heavy atom. The third-order valence-corrected chi connectivity index (χ3v) is 4.07. The van der Waals surface area contributed by atoms with Crippen LogP contribution in [0.15, 0.2) is 12.1 Å². The van der Waals surface area contributed by atoms with Gasteiger partial charge in [0.2, 0.25) is 0 Å². The Morgan fingerprint density at radius 3 is 2.80 bits per heavy atom. The summed E-state index contributed by atoms with van der Waals surface area (Å²) in [7, 11) is 1.99. The standard InChI is InChI=1S/C15H20ClNO3/c1-9(18)13-7-12(16)6-11(15(13)19)8-17(3)14-4-5-20-10(14)2/h6-7,10,14,19H,4-5,8H2,1-3H3. The summed E-state index contributed by atoms with van der Waals surface area (Å²) >= 11 is 6.03. The van der Waals surface area contributed by atoms with E-state index in [1.165, 1.54) is 13.0 Å². The minimum absolute atomic E-state index is 0.0281. The molecule has 2 rings (SSSR count). The number of carbonyl (C=O) groups is 1. The maximum absolute atomic E-state index is 11.5. The zero-order valence-electron chi connectivity index (χ0n) is 12.0. The summed E-state index contributed by atoms with van der Waals surface area (Å²) in [4.78, 5) is 13.6. The van der Waals surface area contributed by atoms with Crippen LogP contribution in [-0.2, 0) is 11.3 Å². The summed E-state index contributed by atoms with van der Waals surface area (Å²) in [6.45, 7) is 4.76. The number of likely N-dealkylation sites (N-methyl/N-ethyl adjacent to an activating group) is 1. The number of halogens is 1. The number of Topliss-reactive ketones (excluding diaryl/α,β-unsaturated/α-hetero) is 1. The van der Waals surface area contributed by atoms with Crippen LogP contribution in [0.25, 0.3) is 0 Å². The predicted molar refractivity (Wildman–Crippen MR) is 78.4 cm³/mol. The van der Waals surface area contributed by atoms with Gasteiger partial charge < -0.3 is 9.84 Å². The molecule has 0 bridgehead atoms. The first kappa shape index (κ1) is 15.3. The summed E-state index contributed by atoms with van der Waals surface area (Å²) in [5.41, 5.74) is 0.945. The number of phenols is 1. The number of ether oxygens (including phenoxy) is 1. The van der Waals surface area contributed by atoms with Gasteiger partial charge in [0.15, 0.2) is 5.78 Å². The molecule has 1 aliphatic rings. The van der Waals surface area contributed by atoms with Gasteiger partial charge >= 0.3 is 0 Å². The third-order valence-electron chi connectivity index (χ3n) is 3.86. The minimum Gasteiger partial charge on any atom is -0.507 e. The highest BCUT2D eigenvalue weighted by Crippen LogP contribution is 2.30. The summed E-state index contributed by atoms with van der Waals surface area (Å²) in [5.74, 6) is -0.160. The SMILES string of the molecule is CC(=O)c1cc(Cl)cc(CN(C)C2CCOC2C)c1O. The second-order valence-electron chi connectivity index (χ2n) is 5.36. The molecule has 1 fully saturated rings. The highest BCUT2D eigenvalue weighted by atomic mass is 35.5. The smallest absolute Gasteiger partial charge is 0.163 e. The quantitative estimate of drug-likeness (QED) is 0.868. The average Bonchev–Trinajstić information content (AvgIpc) is 2.79. The molecule has 110 valence electrons. The zero-order chi connectivity index (χ0) is 14.9. The van der Waals surface area contributed by atoms with Crippen LogP contribution in [-0.4, -0.2) is 41.6 Å². The molecule has 1 N–H and O–H groups in total. The first-order valence-electron chi connectivity index (χ1n) is 6.74. The molecule has 1 heterocycles. The molecule has 0 saturated carbocycles. The first-order valence-corrected chi connectivity index (χ1v) is 7.12. The molecule has 0 aliphatic carbocycles. The van der Waals surface area contributed by atoms with E-state index in [1.54, 1.807) is 6.07 Å². The number of nitrogens with zero attached hydrogens (tertiary/aromatic N) is 1. The monoisotopic (exact) mass is 297 g/mol. The van der Waals surface area contributed by atoms with E-state index in [0.717, 1.165) is 13.0 Å². The molecule has 0 spiro atoms. The molecule has 0 radical (unpaired) electrons. The van der Waals surface area contributed by atoms with E-state index in [-0.39, 0.29) is 23.2 Å². The van der Waals surface area contributed by atoms with Crippen LogP contribution in [0.5, 0.6) is 5.75 Å².